The molecule has 3 aromatic carbocycles. The minimum atomic E-state index is -0.0923. The number of halogens is 1. The smallest absolute Gasteiger partial charge is 0.228 e. The second-order valence-electron chi connectivity index (χ2n) is 5.71. The number of hydrogen-bond acceptors (Lipinski definition) is 2. The minimum Gasteiger partial charge on any atom is -0.495 e. The zero-order valence-corrected chi connectivity index (χ0v) is 14.4. The number of rotatable bonds is 4. The molecular formula is C20H18ClNO2. The van der Waals surface area contributed by atoms with E-state index in [1.807, 2.05) is 49.4 Å². The number of methoxy groups -OCH3 is 1. The lowest BCUT2D eigenvalue weighted by atomic mass is 10.0. The number of anilines is 1. The Bertz CT molecular complexity index is 905. The summed E-state index contributed by atoms with van der Waals surface area (Å²) in [6, 6.07) is 17.7. The predicted molar refractivity (Wildman–Crippen MR) is 99.0 cm³/mol. The van der Waals surface area contributed by atoms with Crippen molar-refractivity contribution in [3.63, 3.8) is 0 Å². The Kier molecular flexibility index (Phi) is 4.72. The molecule has 122 valence electrons. The highest BCUT2D eigenvalue weighted by atomic mass is 35.5. The third-order valence-corrected chi connectivity index (χ3v) is 4.34. The Hall–Kier alpha value is -2.52. The number of fused-ring (bicyclic) bond motifs is 1. The van der Waals surface area contributed by atoms with Crippen LogP contribution in [0.2, 0.25) is 5.02 Å². The van der Waals surface area contributed by atoms with E-state index in [1.165, 1.54) is 0 Å². The molecule has 0 radical (unpaired) electrons. The molecule has 0 atom stereocenters. The van der Waals surface area contributed by atoms with Gasteiger partial charge in [-0.1, -0.05) is 54.1 Å². The lowest BCUT2D eigenvalue weighted by Gasteiger charge is -2.12. The van der Waals surface area contributed by atoms with Crippen LogP contribution in [0.3, 0.4) is 0 Å². The fraction of sp³-hybridized carbons (Fsp3) is 0.150. The summed E-state index contributed by atoms with van der Waals surface area (Å²) in [7, 11) is 1.56. The summed E-state index contributed by atoms with van der Waals surface area (Å²) in [5, 5.41) is 5.81. The van der Waals surface area contributed by atoms with E-state index in [9.17, 15) is 4.79 Å². The van der Waals surface area contributed by atoms with Gasteiger partial charge >= 0.3 is 0 Å². The molecule has 1 N–H and O–H groups in total. The number of ether oxygens (including phenoxy) is 1. The summed E-state index contributed by atoms with van der Waals surface area (Å²) in [4.78, 5) is 12.4. The normalized spacial score (nSPS) is 10.6. The van der Waals surface area contributed by atoms with Crippen molar-refractivity contribution in [2.75, 3.05) is 12.4 Å². The standard InChI is InChI=1S/C20H18ClNO2/c1-13-9-18(19(24-2)12-17(13)21)22-20(23)11-14-7-8-15-5-3-4-6-16(15)10-14/h3-10,12H,11H2,1-2H3,(H,22,23). The molecule has 0 aliphatic rings. The van der Waals surface area contributed by atoms with Crippen molar-refractivity contribution in [2.24, 2.45) is 0 Å². The van der Waals surface area contributed by atoms with Gasteiger partial charge in [0.15, 0.2) is 0 Å². The molecule has 3 nitrogen and oxygen atoms in total. The zero-order valence-electron chi connectivity index (χ0n) is 13.6. The van der Waals surface area contributed by atoms with Crippen molar-refractivity contribution in [2.45, 2.75) is 13.3 Å². The molecular weight excluding hydrogens is 322 g/mol. The van der Waals surface area contributed by atoms with Crippen LogP contribution in [0.5, 0.6) is 5.75 Å². The number of nitrogens with one attached hydrogen (secondary N) is 1. The molecule has 0 aliphatic heterocycles. The molecule has 0 bridgehead atoms. The number of hydrogen-bond donors (Lipinski definition) is 1. The van der Waals surface area contributed by atoms with E-state index in [2.05, 4.69) is 11.4 Å². The average Bonchev–Trinajstić information content (AvgIpc) is 2.57. The van der Waals surface area contributed by atoms with Crippen LogP contribution in [-0.2, 0) is 11.2 Å². The predicted octanol–water partition coefficient (Wildman–Crippen LogP) is 4.99. The average molecular weight is 340 g/mol. The van der Waals surface area contributed by atoms with Crippen LogP contribution in [0.15, 0.2) is 54.6 Å². The molecule has 3 rings (SSSR count). The molecule has 4 heteroatoms. The van der Waals surface area contributed by atoms with Gasteiger partial charge in [-0.05, 0) is 34.9 Å². The van der Waals surface area contributed by atoms with Crippen LogP contribution < -0.4 is 10.1 Å². The highest BCUT2D eigenvalue weighted by Crippen LogP contribution is 2.31. The summed E-state index contributed by atoms with van der Waals surface area (Å²) in [6.07, 6.45) is 0.301. The molecule has 0 aliphatic carbocycles. The summed E-state index contributed by atoms with van der Waals surface area (Å²) >= 11 is 6.09. The molecule has 0 fully saturated rings. The Balaban J connectivity index is 1.78. The Labute approximate surface area is 146 Å². The molecule has 0 heterocycles. The summed E-state index contributed by atoms with van der Waals surface area (Å²) in [5.41, 5.74) is 2.49. The monoisotopic (exact) mass is 339 g/mol. The number of carbonyl (C=O) groups is 1. The first kappa shape index (κ1) is 16.3. The van der Waals surface area contributed by atoms with Crippen LogP contribution in [0, 0.1) is 6.92 Å². The van der Waals surface area contributed by atoms with Crippen molar-refractivity contribution in [1.82, 2.24) is 0 Å². The van der Waals surface area contributed by atoms with Crippen molar-refractivity contribution < 1.29 is 9.53 Å². The van der Waals surface area contributed by atoms with Crippen LogP contribution >= 0.6 is 11.6 Å². The molecule has 3 aromatic rings. The Morgan fingerprint density at radius 3 is 2.58 bits per heavy atom. The number of aryl methyl sites for hydroxylation is 1. The summed E-state index contributed by atoms with van der Waals surface area (Å²) < 4.78 is 5.29. The Morgan fingerprint density at radius 2 is 1.83 bits per heavy atom. The lowest BCUT2D eigenvalue weighted by Crippen LogP contribution is -2.15. The van der Waals surface area contributed by atoms with E-state index in [4.69, 9.17) is 16.3 Å². The van der Waals surface area contributed by atoms with Crippen LogP contribution in [0.4, 0.5) is 5.69 Å². The lowest BCUT2D eigenvalue weighted by molar-refractivity contribution is -0.115. The van der Waals surface area contributed by atoms with Crippen LogP contribution in [-0.4, -0.2) is 13.0 Å². The number of benzene rings is 3. The molecule has 24 heavy (non-hydrogen) atoms. The third-order valence-electron chi connectivity index (χ3n) is 3.93. The highest BCUT2D eigenvalue weighted by Gasteiger charge is 2.11. The van der Waals surface area contributed by atoms with E-state index in [1.54, 1.807) is 13.2 Å². The molecule has 0 unspecified atom stereocenters. The van der Waals surface area contributed by atoms with Gasteiger partial charge in [0.2, 0.25) is 5.91 Å². The van der Waals surface area contributed by atoms with Gasteiger partial charge in [-0.3, -0.25) is 4.79 Å². The Morgan fingerprint density at radius 1 is 1.08 bits per heavy atom. The van der Waals surface area contributed by atoms with Crippen molar-refractivity contribution in [1.29, 1.82) is 0 Å². The van der Waals surface area contributed by atoms with E-state index in [0.717, 1.165) is 21.9 Å². The molecule has 0 saturated carbocycles. The maximum absolute atomic E-state index is 12.4. The molecule has 1 amide bonds. The van der Waals surface area contributed by atoms with E-state index in [-0.39, 0.29) is 5.91 Å². The van der Waals surface area contributed by atoms with Gasteiger partial charge in [0.25, 0.3) is 0 Å². The van der Waals surface area contributed by atoms with Crippen LogP contribution in [0.25, 0.3) is 10.8 Å². The fourth-order valence-corrected chi connectivity index (χ4v) is 2.81. The number of amides is 1. The zero-order chi connectivity index (χ0) is 17.1. The first-order chi connectivity index (χ1) is 11.6. The number of carbonyl (C=O) groups excluding carboxylic acids is 1. The van der Waals surface area contributed by atoms with Crippen molar-refractivity contribution >= 4 is 34.0 Å². The third kappa shape index (κ3) is 3.52. The van der Waals surface area contributed by atoms with E-state index < -0.39 is 0 Å². The van der Waals surface area contributed by atoms with Gasteiger partial charge in [-0.25, -0.2) is 0 Å². The van der Waals surface area contributed by atoms with Gasteiger partial charge in [0.05, 0.1) is 19.2 Å². The van der Waals surface area contributed by atoms with Gasteiger partial charge < -0.3 is 10.1 Å². The second-order valence-corrected chi connectivity index (χ2v) is 6.12. The van der Waals surface area contributed by atoms with Crippen LogP contribution in [0.1, 0.15) is 11.1 Å². The van der Waals surface area contributed by atoms with E-state index in [0.29, 0.717) is 22.9 Å². The maximum Gasteiger partial charge on any atom is 0.228 e. The summed E-state index contributed by atoms with van der Waals surface area (Å²) in [5.74, 6) is 0.461. The first-order valence-electron chi connectivity index (χ1n) is 7.68. The first-order valence-corrected chi connectivity index (χ1v) is 8.06. The SMILES string of the molecule is COc1cc(Cl)c(C)cc1NC(=O)Cc1ccc2ccccc2c1. The maximum atomic E-state index is 12.4. The second kappa shape index (κ2) is 6.93. The van der Waals surface area contributed by atoms with Gasteiger partial charge in [-0.15, -0.1) is 0 Å². The quantitative estimate of drug-likeness (QED) is 0.727. The highest BCUT2D eigenvalue weighted by molar-refractivity contribution is 6.31. The molecule has 0 saturated heterocycles. The fourth-order valence-electron chi connectivity index (χ4n) is 2.66. The molecule has 0 aromatic heterocycles. The van der Waals surface area contributed by atoms with Gasteiger partial charge in [0.1, 0.15) is 5.75 Å². The van der Waals surface area contributed by atoms with Crippen molar-refractivity contribution in [3.8, 4) is 5.75 Å². The van der Waals surface area contributed by atoms with Gasteiger partial charge in [-0.2, -0.15) is 0 Å². The van der Waals surface area contributed by atoms with E-state index >= 15 is 0 Å². The summed E-state index contributed by atoms with van der Waals surface area (Å²) in [6.45, 7) is 1.89. The molecule has 0 spiro atoms. The van der Waals surface area contributed by atoms with Gasteiger partial charge in [0, 0.05) is 11.1 Å². The van der Waals surface area contributed by atoms with Crippen molar-refractivity contribution in [3.05, 3.63) is 70.7 Å². The minimum absolute atomic E-state index is 0.0923. The largest absolute Gasteiger partial charge is 0.495 e. The topological polar surface area (TPSA) is 38.3 Å².